The largest absolute Gasteiger partial charge is 0.503 e. The first kappa shape index (κ1) is 17.9. The molecule has 0 amide bonds. The van der Waals surface area contributed by atoms with Crippen LogP contribution in [-0.4, -0.2) is 16.4 Å². The van der Waals surface area contributed by atoms with Crippen molar-refractivity contribution < 1.29 is 15.0 Å². The lowest BCUT2D eigenvalue weighted by molar-refractivity contribution is 0.137. The van der Waals surface area contributed by atoms with Crippen molar-refractivity contribution in [2.24, 2.45) is 0 Å². The van der Waals surface area contributed by atoms with Gasteiger partial charge in [-0.25, -0.2) is 4.79 Å². The van der Waals surface area contributed by atoms with Crippen LogP contribution in [0.1, 0.15) is 25.7 Å². The minimum absolute atomic E-state index is 0.585. The van der Waals surface area contributed by atoms with Crippen LogP contribution in [0.25, 0.3) is 0 Å². The third-order valence-electron chi connectivity index (χ3n) is 0.827. The quantitative estimate of drug-likeness (QED) is 0.535. The summed E-state index contributed by atoms with van der Waals surface area (Å²) < 4.78 is 0. The molecule has 2 N–H and O–H groups in total. The molecule has 5 nitrogen and oxygen atoms in total. The van der Waals surface area contributed by atoms with Gasteiger partial charge in [0, 0.05) is 12.8 Å². The van der Waals surface area contributed by atoms with Crippen LogP contribution in [-0.2, 0) is 0 Å². The molecule has 0 aromatic carbocycles. The lowest BCUT2D eigenvalue weighted by Crippen LogP contribution is -1.81. The van der Waals surface area contributed by atoms with E-state index in [9.17, 15) is 0 Å². The van der Waals surface area contributed by atoms with Crippen molar-refractivity contribution in [1.82, 2.24) is 0 Å². The molecular weight excluding hydrogens is 184 g/mol. The molecule has 0 radical (unpaired) electrons. The maximum Gasteiger partial charge on any atom is 0.503 e. The Kier molecular flexibility index (Phi) is 28.7. The van der Waals surface area contributed by atoms with Crippen LogP contribution >= 0.6 is 0 Å². The topological polar surface area (TPSA) is 105 Å². The number of rotatable bonds is 3. The average molecular weight is 198 g/mol. The molecule has 0 unspecified atom stereocenters. The molecule has 0 aromatic heterocycles. The molecule has 14 heavy (non-hydrogen) atoms. The summed E-state index contributed by atoms with van der Waals surface area (Å²) in [6, 6.07) is 4.03. The van der Waals surface area contributed by atoms with E-state index in [1.54, 1.807) is 0 Å². The van der Waals surface area contributed by atoms with Gasteiger partial charge in [0.15, 0.2) is 0 Å². The molecule has 0 heterocycles. The van der Waals surface area contributed by atoms with Gasteiger partial charge in [0.1, 0.15) is 0 Å². The first-order valence-electron chi connectivity index (χ1n) is 3.81. The van der Waals surface area contributed by atoms with Crippen molar-refractivity contribution in [3.63, 3.8) is 0 Å². The summed E-state index contributed by atoms with van der Waals surface area (Å²) in [6.07, 6.45) is 1.07. The highest BCUT2D eigenvalue weighted by Crippen LogP contribution is 1.95. The molecule has 0 bridgehead atoms. The van der Waals surface area contributed by atoms with Crippen molar-refractivity contribution in [2.45, 2.75) is 25.7 Å². The van der Waals surface area contributed by atoms with Crippen molar-refractivity contribution in [3.8, 4) is 12.1 Å². The monoisotopic (exact) mass is 198 g/mol. The molecule has 0 rings (SSSR count). The van der Waals surface area contributed by atoms with E-state index in [2.05, 4.69) is 13.2 Å². The molecule has 0 aliphatic heterocycles. The standard InChI is InChI=1S/C6H8N2.C2H4.CH2O3/c7-5-3-1-2-4-6-8;1-2;2-1(3)4/h1-4H2;1-2H2;(H2,2,3,4). The Labute approximate surface area is 83.5 Å². The van der Waals surface area contributed by atoms with E-state index in [0.717, 1.165) is 12.8 Å². The van der Waals surface area contributed by atoms with Crippen LogP contribution in [0.5, 0.6) is 0 Å². The molecule has 0 atom stereocenters. The van der Waals surface area contributed by atoms with Gasteiger partial charge in [0.25, 0.3) is 0 Å². The second kappa shape index (κ2) is 22.4. The van der Waals surface area contributed by atoms with Crippen molar-refractivity contribution >= 4 is 6.16 Å². The fourth-order valence-electron chi connectivity index (χ4n) is 0.408. The summed E-state index contributed by atoms with van der Waals surface area (Å²) in [5, 5.41) is 30.0. The highest BCUT2D eigenvalue weighted by Gasteiger charge is 1.83. The van der Waals surface area contributed by atoms with E-state index in [1.807, 2.05) is 12.1 Å². The molecule has 0 aromatic rings. The van der Waals surface area contributed by atoms with E-state index >= 15 is 0 Å². The third kappa shape index (κ3) is 90.3. The SMILES string of the molecule is C=C.N#CCCCCC#N.O=C(O)O. The summed E-state index contributed by atoms with van der Waals surface area (Å²) in [7, 11) is 0. The van der Waals surface area contributed by atoms with Crippen molar-refractivity contribution in [3.05, 3.63) is 13.2 Å². The maximum absolute atomic E-state index is 8.56. The van der Waals surface area contributed by atoms with Gasteiger partial charge >= 0.3 is 6.16 Å². The highest BCUT2D eigenvalue weighted by molar-refractivity contribution is 5.53. The van der Waals surface area contributed by atoms with Gasteiger partial charge < -0.3 is 10.2 Å². The van der Waals surface area contributed by atoms with E-state index in [-0.39, 0.29) is 0 Å². The Morgan fingerprint density at radius 2 is 1.29 bits per heavy atom. The lowest BCUT2D eigenvalue weighted by Gasteiger charge is -1.83. The summed E-state index contributed by atoms with van der Waals surface area (Å²) in [4.78, 5) is 8.56. The fourth-order valence-corrected chi connectivity index (χ4v) is 0.408. The number of hydrogen-bond donors (Lipinski definition) is 2. The molecular formula is C9H14N2O3. The van der Waals surface area contributed by atoms with Crippen LogP contribution in [0.2, 0.25) is 0 Å². The van der Waals surface area contributed by atoms with Gasteiger partial charge in [-0.2, -0.15) is 10.5 Å². The van der Waals surface area contributed by atoms with Gasteiger partial charge in [-0.05, 0) is 12.8 Å². The zero-order valence-electron chi connectivity index (χ0n) is 7.94. The van der Waals surface area contributed by atoms with Crippen molar-refractivity contribution in [2.75, 3.05) is 0 Å². The smallest absolute Gasteiger partial charge is 0.450 e. The number of carbonyl (C=O) groups is 1. The lowest BCUT2D eigenvalue weighted by atomic mass is 10.2. The van der Waals surface area contributed by atoms with Gasteiger partial charge in [-0.1, -0.05) is 0 Å². The van der Waals surface area contributed by atoms with Gasteiger partial charge in [-0.15, -0.1) is 13.2 Å². The summed E-state index contributed by atoms with van der Waals surface area (Å²) in [5.41, 5.74) is 0. The summed E-state index contributed by atoms with van der Waals surface area (Å²) >= 11 is 0. The molecule has 78 valence electrons. The van der Waals surface area contributed by atoms with Gasteiger partial charge in [0.05, 0.1) is 12.1 Å². The normalized spacial score (nSPS) is 6.14. The Morgan fingerprint density at radius 1 is 1.07 bits per heavy atom. The zero-order chi connectivity index (χ0) is 11.8. The van der Waals surface area contributed by atoms with Crippen LogP contribution in [0, 0.1) is 22.7 Å². The molecule has 0 aliphatic carbocycles. The van der Waals surface area contributed by atoms with Crippen LogP contribution in [0.15, 0.2) is 13.2 Å². The predicted octanol–water partition coefficient (Wildman–Crippen LogP) is 2.62. The summed E-state index contributed by atoms with van der Waals surface area (Å²) in [6.45, 7) is 6.00. The number of hydrogen-bond acceptors (Lipinski definition) is 3. The van der Waals surface area contributed by atoms with E-state index in [0.29, 0.717) is 12.8 Å². The molecule has 0 spiro atoms. The molecule has 0 saturated carbocycles. The third-order valence-corrected chi connectivity index (χ3v) is 0.827. The summed E-state index contributed by atoms with van der Waals surface area (Å²) in [5.74, 6) is 0. The Hall–Kier alpha value is -2.01. The highest BCUT2D eigenvalue weighted by atomic mass is 16.6. The predicted molar refractivity (Wildman–Crippen MR) is 51.6 cm³/mol. The van der Waals surface area contributed by atoms with Crippen LogP contribution in [0.4, 0.5) is 4.79 Å². The van der Waals surface area contributed by atoms with E-state index in [1.165, 1.54) is 0 Å². The number of nitriles is 2. The van der Waals surface area contributed by atoms with Gasteiger partial charge in [0.2, 0.25) is 0 Å². The second-order valence-electron chi connectivity index (χ2n) is 1.81. The Balaban J connectivity index is -0.000000170. The molecule has 5 heteroatoms. The van der Waals surface area contributed by atoms with E-state index < -0.39 is 6.16 Å². The second-order valence-corrected chi connectivity index (χ2v) is 1.81. The van der Waals surface area contributed by atoms with E-state index in [4.69, 9.17) is 25.5 Å². The Morgan fingerprint density at radius 3 is 1.43 bits per heavy atom. The van der Waals surface area contributed by atoms with Crippen LogP contribution < -0.4 is 0 Å². The minimum atomic E-state index is -1.83. The number of nitrogens with zero attached hydrogens (tertiary/aromatic N) is 2. The zero-order valence-corrected chi connectivity index (χ0v) is 7.94. The molecule has 0 fully saturated rings. The first-order chi connectivity index (χ1) is 6.65. The maximum atomic E-state index is 8.56. The van der Waals surface area contributed by atoms with Crippen molar-refractivity contribution in [1.29, 1.82) is 10.5 Å². The minimum Gasteiger partial charge on any atom is -0.450 e. The Bertz CT molecular complexity index is 183. The average Bonchev–Trinajstić information content (AvgIpc) is 2.15. The number of carboxylic acid groups (broad SMARTS) is 2. The number of unbranched alkanes of at least 4 members (excludes halogenated alkanes) is 3. The van der Waals surface area contributed by atoms with Gasteiger partial charge in [-0.3, -0.25) is 0 Å². The van der Waals surface area contributed by atoms with Crippen LogP contribution in [0.3, 0.4) is 0 Å². The fraction of sp³-hybridized carbons (Fsp3) is 0.444. The molecule has 0 saturated heterocycles. The first-order valence-corrected chi connectivity index (χ1v) is 3.81. The molecule has 0 aliphatic rings.